The van der Waals surface area contributed by atoms with Crippen LogP contribution in [-0.4, -0.2) is 42.2 Å². The Morgan fingerprint density at radius 1 is 1.28 bits per heavy atom. The summed E-state index contributed by atoms with van der Waals surface area (Å²) in [6.45, 7) is 12.1. The number of hydrogen-bond acceptors (Lipinski definition) is 3. The fraction of sp³-hybridized carbons (Fsp3) is 0.643. The Labute approximate surface area is 110 Å². The molecule has 102 valence electrons. The van der Waals surface area contributed by atoms with E-state index in [9.17, 15) is 4.79 Å². The highest BCUT2D eigenvalue weighted by Crippen LogP contribution is 1.90. The van der Waals surface area contributed by atoms with Crippen LogP contribution in [0.25, 0.3) is 0 Å². The minimum atomic E-state index is 0.0838. The van der Waals surface area contributed by atoms with Gasteiger partial charge in [-0.1, -0.05) is 13.8 Å². The molecule has 0 saturated heterocycles. The Morgan fingerprint density at radius 3 is 2.61 bits per heavy atom. The average molecular weight is 251 g/mol. The molecule has 4 heteroatoms. The molecule has 1 heterocycles. The van der Waals surface area contributed by atoms with Crippen LogP contribution in [0.15, 0.2) is 23.1 Å². The first kappa shape index (κ1) is 14.9. The fourth-order valence-electron chi connectivity index (χ4n) is 1.89. The lowest BCUT2D eigenvalue weighted by molar-refractivity contribution is 0.302. The van der Waals surface area contributed by atoms with Crippen molar-refractivity contribution in [3.63, 3.8) is 0 Å². The lowest BCUT2D eigenvalue weighted by atomic mass is 10.3. The largest absolute Gasteiger partial charge is 0.314 e. The Balaban J connectivity index is 2.24. The molecule has 0 saturated carbocycles. The SMILES string of the molecule is CCN(CC)CCNCCn1ccc(C)cc1=O. The van der Waals surface area contributed by atoms with Gasteiger partial charge >= 0.3 is 0 Å². The summed E-state index contributed by atoms with van der Waals surface area (Å²) in [5.41, 5.74) is 1.10. The van der Waals surface area contributed by atoms with Gasteiger partial charge in [0.2, 0.25) is 0 Å². The molecule has 0 amide bonds. The van der Waals surface area contributed by atoms with E-state index in [1.807, 2.05) is 19.2 Å². The smallest absolute Gasteiger partial charge is 0.250 e. The van der Waals surface area contributed by atoms with Gasteiger partial charge in [-0.15, -0.1) is 0 Å². The standard InChI is InChI=1S/C14H25N3O/c1-4-16(5-2)10-7-15-8-11-17-9-6-13(3)12-14(17)18/h6,9,12,15H,4-5,7-8,10-11H2,1-3H3. The molecule has 0 unspecified atom stereocenters. The topological polar surface area (TPSA) is 37.3 Å². The molecule has 0 aliphatic rings. The molecular weight excluding hydrogens is 226 g/mol. The van der Waals surface area contributed by atoms with Crippen molar-refractivity contribution in [2.45, 2.75) is 27.3 Å². The fourth-order valence-corrected chi connectivity index (χ4v) is 1.89. The van der Waals surface area contributed by atoms with Crippen LogP contribution in [0.2, 0.25) is 0 Å². The lowest BCUT2D eigenvalue weighted by Crippen LogP contribution is -2.34. The summed E-state index contributed by atoms with van der Waals surface area (Å²) in [6, 6.07) is 3.65. The van der Waals surface area contributed by atoms with E-state index in [4.69, 9.17) is 0 Å². The van der Waals surface area contributed by atoms with Gasteiger partial charge in [0.15, 0.2) is 0 Å². The Morgan fingerprint density at radius 2 is 2.00 bits per heavy atom. The number of rotatable bonds is 8. The quantitative estimate of drug-likeness (QED) is 0.703. The molecule has 0 aliphatic carbocycles. The van der Waals surface area contributed by atoms with Crippen LogP contribution in [0.4, 0.5) is 0 Å². The normalized spacial score (nSPS) is 11.1. The molecule has 4 nitrogen and oxygen atoms in total. The van der Waals surface area contributed by atoms with Gasteiger partial charge in [-0.3, -0.25) is 4.79 Å². The van der Waals surface area contributed by atoms with Gasteiger partial charge in [0.1, 0.15) is 0 Å². The molecule has 1 aromatic heterocycles. The third-order valence-electron chi connectivity index (χ3n) is 3.18. The van der Waals surface area contributed by atoms with Crippen molar-refractivity contribution in [1.82, 2.24) is 14.8 Å². The van der Waals surface area contributed by atoms with Crippen molar-refractivity contribution in [1.29, 1.82) is 0 Å². The Bertz CT molecular complexity index is 396. The molecule has 18 heavy (non-hydrogen) atoms. The molecule has 1 aromatic rings. The Kier molecular flexibility index (Phi) is 6.68. The van der Waals surface area contributed by atoms with Crippen LogP contribution < -0.4 is 10.9 Å². The molecular formula is C14H25N3O. The van der Waals surface area contributed by atoms with Crippen LogP contribution in [0, 0.1) is 6.92 Å². The van der Waals surface area contributed by atoms with E-state index >= 15 is 0 Å². The highest BCUT2D eigenvalue weighted by atomic mass is 16.1. The summed E-state index contributed by atoms with van der Waals surface area (Å²) >= 11 is 0. The van der Waals surface area contributed by atoms with Crippen molar-refractivity contribution >= 4 is 0 Å². The monoisotopic (exact) mass is 251 g/mol. The number of aryl methyl sites for hydroxylation is 1. The van der Waals surface area contributed by atoms with E-state index in [-0.39, 0.29) is 5.56 Å². The third-order valence-corrected chi connectivity index (χ3v) is 3.18. The number of aromatic nitrogens is 1. The summed E-state index contributed by atoms with van der Waals surface area (Å²) in [4.78, 5) is 14.0. The molecule has 0 aromatic carbocycles. The maximum Gasteiger partial charge on any atom is 0.250 e. The molecule has 0 radical (unpaired) electrons. The summed E-state index contributed by atoms with van der Waals surface area (Å²) in [5, 5.41) is 3.37. The van der Waals surface area contributed by atoms with Gasteiger partial charge < -0.3 is 14.8 Å². The number of nitrogens with one attached hydrogen (secondary N) is 1. The van der Waals surface area contributed by atoms with Crippen molar-refractivity contribution in [2.24, 2.45) is 0 Å². The van der Waals surface area contributed by atoms with Crippen LogP contribution in [0.3, 0.4) is 0 Å². The minimum absolute atomic E-state index is 0.0838. The molecule has 0 fully saturated rings. The summed E-state index contributed by atoms with van der Waals surface area (Å²) < 4.78 is 1.75. The van der Waals surface area contributed by atoms with Crippen molar-refractivity contribution in [3.05, 3.63) is 34.2 Å². The lowest BCUT2D eigenvalue weighted by Gasteiger charge is -2.18. The van der Waals surface area contributed by atoms with Gasteiger partial charge in [0, 0.05) is 38.4 Å². The summed E-state index contributed by atoms with van der Waals surface area (Å²) in [5.74, 6) is 0. The third kappa shape index (κ3) is 5.02. The molecule has 1 rings (SSSR count). The maximum absolute atomic E-state index is 11.6. The van der Waals surface area contributed by atoms with E-state index in [0.29, 0.717) is 0 Å². The first-order valence-electron chi connectivity index (χ1n) is 6.77. The van der Waals surface area contributed by atoms with E-state index in [0.717, 1.165) is 44.8 Å². The minimum Gasteiger partial charge on any atom is -0.314 e. The maximum atomic E-state index is 11.6. The summed E-state index contributed by atoms with van der Waals surface area (Å²) in [6.07, 6.45) is 1.86. The van der Waals surface area contributed by atoms with Gasteiger partial charge in [-0.05, 0) is 31.6 Å². The molecule has 1 N–H and O–H groups in total. The van der Waals surface area contributed by atoms with Gasteiger partial charge in [0.05, 0.1) is 0 Å². The predicted molar refractivity (Wildman–Crippen MR) is 76.1 cm³/mol. The number of pyridine rings is 1. The zero-order valence-corrected chi connectivity index (χ0v) is 11.8. The van der Waals surface area contributed by atoms with Crippen molar-refractivity contribution in [2.75, 3.05) is 32.7 Å². The summed E-state index contributed by atoms with van der Waals surface area (Å²) in [7, 11) is 0. The molecule has 0 spiro atoms. The van der Waals surface area contributed by atoms with Crippen LogP contribution >= 0.6 is 0 Å². The van der Waals surface area contributed by atoms with Gasteiger partial charge in [-0.25, -0.2) is 0 Å². The second-order valence-corrected chi connectivity index (χ2v) is 4.51. The molecule has 0 atom stereocenters. The average Bonchev–Trinajstić information content (AvgIpc) is 2.36. The predicted octanol–water partition coefficient (Wildman–Crippen LogP) is 1.09. The van der Waals surface area contributed by atoms with Gasteiger partial charge in [0.25, 0.3) is 5.56 Å². The van der Waals surface area contributed by atoms with Crippen LogP contribution in [0.5, 0.6) is 0 Å². The second kappa shape index (κ2) is 8.06. The Hall–Kier alpha value is -1.13. The van der Waals surface area contributed by atoms with E-state index in [2.05, 4.69) is 24.1 Å². The number of hydrogen-bond donors (Lipinski definition) is 1. The highest BCUT2D eigenvalue weighted by Gasteiger charge is 1.98. The van der Waals surface area contributed by atoms with E-state index < -0.39 is 0 Å². The van der Waals surface area contributed by atoms with E-state index in [1.165, 1.54) is 0 Å². The first-order valence-corrected chi connectivity index (χ1v) is 6.77. The molecule has 0 bridgehead atoms. The number of likely N-dealkylation sites (N-methyl/N-ethyl adjacent to an activating group) is 1. The zero-order valence-electron chi connectivity index (χ0n) is 11.8. The van der Waals surface area contributed by atoms with Crippen LogP contribution in [0.1, 0.15) is 19.4 Å². The first-order chi connectivity index (χ1) is 8.67. The van der Waals surface area contributed by atoms with Crippen molar-refractivity contribution < 1.29 is 0 Å². The number of nitrogens with zero attached hydrogens (tertiary/aromatic N) is 2. The van der Waals surface area contributed by atoms with Gasteiger partial charge in [-0.2, -0.15) is 0 Å². The second-order valence-electron chi connectivity index (χ2n) is 4.51. The highest BCUT2D eigenvalue weighted by molar-refractivity contribution is 5.07. The molecule has 0 aliphatic heterocycles. The van der Waals surface area contributed by atoms with Crippen LogP contribution in [-0.2, 0) is 6.54 Å². The zero-order chi connectivity index (χ0) is 13.4. The van der Waals surface area contributed by atoms with Crippen molar-refractivity contribution in [3.8, 4) is 0 Å². The van der Waals surface area contributed by atoms with E-state index in [1.54, 1.807) is 10.6 Å².